The van der Waals surface area contributed by atoms with Gasteiger partial charge >= 0.3 is 0 Å². The molecule has 0 heterocycles. The second-order valence-corrected chi connectivity index (χ2v) is 6.69. The third-order valence-corrected chi connectivity index (χ3v) is 3.54. The van der Waals surface area contributed by atoms with E-state index in [1.54, 1.807) is 13.2 Å². The normalized spacial score (nSPS) is 11.8. The van der Waals surface area contributed by atoms with Crippen molar-refractivity contribution >= 4 is 11.6 Å². The summed E-state index contributed by atoms with van der Waals surface area (Å²) in [6.07, 6.45) is 2.12. The van der Waals surface area contributed by atoms with Crippen LogP contribution in [-0.4, -0.2) is 18.8 Å². The summed E-state index contributed by atoms with van der Waals surface area (Å²) in [5.74, 6) is 1.49. The number of methoxy groups -OCH3 is 1. The van der Waals surface area contributed by atoms with Crippen molar-refractivity contribution in [3.63, 3.8) is 0 Å². The second kappa shape index (κ2) is 7.90. The minimum Gasteiger partial charge on any atom is -0.493 e. The van der Waals surface area contributed by atoms with E-state index in [0.717, 1.165) is 24.2 Å². The van der Waals surface area contributed by atoms with Gasteiger partial charge in [0.2, 0.25) is 0 Å². The van der Waals surface area contributed by atoms with Crippen LogP contribution in [0.15, 0.2) is 12.1 Å². The topological polar surface area (TPSA) is 30.5 Å². The van der Waals surface area contributed by atoms with Crippen LogP contribution in [0.3, 0.4) is 0 Å². The predicted molar refractivity (Wildman–Crippen MR) is 89.6 cm³/mol. The molecule has 21 heavy (non-hydrogen) atoms. The number of rotatable bonds is 7. The third-order valence-electron chi connectivity index (χ3n) is 3.32. The Bertz CT molecular complexity index is 451. The quantitative estimate of drug-likeness (QED) is 0.784. The zero-order chi connectivity index (χ0) is 16.0. The molecular weight excluding hydrogens is 286 g/mol. The fraction of sp³-hybridized carbons (Fsp3) is 0.647. The van der Waals surface area contributed by atoms with E-state index in [1.807, 2.05) is 6.07 Å². The Hall–Kier alpha value is -0.930. The van der Waals surface area contributed by atoms with E-state index in [-0.39, 0.29) is 11.6 Å². The van der Waals surface area contributed by atoms with E-state index in [9.17, 15) is 0 Å². The van der Waals surface area contributed by atoms with Crippen LogP contribution in [0.5, 0.6) is 11.5 Å². The van der Waals surface area contributed by atoms with E-state index >= 15 is 0 Å². The van der Waals surface area contributed by atoms with Crippen molar-refractivity contribution < 1.29 is 9.47 Å². The smallest absolute Gasteiger partial charge is 0.166 e. The molecule has 0 atom stereocenters. The highest BCUT2D eigenvalue weighted by Crippen LogP contribution is 2.36. The fourth-order valence-electron chi connectivity index (χ4n) is 2.02. The maximum Gasteiger partial charge on any atom is 0.166 e. The predicted octanol–water partition coefficient (Wildman–Crippen LogP) is 4.80. The Kier molecular flexibility index (Phi) is 6.82. The Morgan fingerprint density at radius 2 is 1.81 bits per heavy atom. The summed E-state index contributed by atoms with van der Waals surface area (Å²) in [5, 5.41) is 4.13. The van der Waals surface area contributed by atoms with Crippen LogP contribution in [0, 0.1) is 0 Å². The molecule has 0 amide bonds. The highest BCUT2D eigenvalue weighted by Gasteiger charge is 2.18. The molecule has 0 aromatic heterocycles. The molecular formula is C17H28ClNO2. The minimum atomic E-state index is 0.0295. The summed E-state index contributed by atoms with van der Waals surface area (Å²) in [7, 11) is 1.65. The summed E-state index contributed by atoms with van der Waals surface area (Å²) in [6.45, 7) is 11.4. The van der Waals surface area contributed by atoms with Crippen LogP contribution in [0.25, 0.3) is 0 Å². The minimum absolute atomic E-state index is 0.0295. The molecule has 0 spiro atoms. The van der Waals surface area contributed by atoms with Gasteiger partial charge in [-0.05, 0) is 39.7 Å². The number of hydrogen-bond donors (Lipinski definition) is 1. The first-order chi connectivity index (χ1) is 9.80. The van der Waals surface area contributed by atoms with Gasteiger partial charge in [-0.2, -0.15) is 0 Å². The number of halogens is 1. The average Bonchev–Trinajstić information content (AvgIpc) is 2.42. The van der Waals surface area contributed by atoms with Gasteiger partial charge in [-0.15, -0.1) is 0 Å². The molecule has 120 valence electrons. The largest absolute Gasteiger partial charge is 0.493 e. The lowest BCUT2D eigenvalue weighted by Crippen LogP contribution is -2.35. The van der Waals surface area contributed by atoms with Gasteiger partial charge in [0.1, 0.15) is 0 Å². The van der Waals surface area contributed by atoms with Crippen molar-refractivity contribution in [2.45, 2.75) is 65.6 Å². The van der Waals surface area contributed by atoms with Gasteiger partial charge in [0.15, 0.2) is 11.5 Å². The molecule has 1 rings (SSSR count). The van der Waals surface area contributed by atoms with Crippen LogP contribution in [0.2, 0.25) is 5.02 Å². The standard InChI is InChI=1S/C17H28ClNO2/c1-7-14(8-2)21-16-12(11-19-17(3,4)5)9-13(18)10-15(16)20-6/h9-10,14,19H,7-8,11H2,1-6H3. The molecule has 1 N–H and O–H groups in total. The van der Waals surface area contributed by atoms with Crippen molar-refractivity contribution in [3.05, 3.63) is 22.7 Å². The summed E-state index contributed by atoms with van der Waals surface area (Å²) in [5.41, 5.74) is 1.06. The average molecular weight is 314 g/mol. The van der Waals surface area contributed by atoms with E-state index in [1.165, 1.54) is 0 Å². The van der Waals surface area contributed by atoms with Crippen molar-refractivity contribution in [2.24, 2.45) is 0 Å². The first kappa shape index (κ1) is 18.1. The molecule has 1 aromatic carbocycles. The van der Waals surface area contributed by atoms with Crippen LogP contribution < -0.4 is 14.8 Å². The second-order valence-electron chi connectivity index (χ2n) is 6.26. The monoisotopic (exact) mass is 313 g/mol. The number of hydrogen-bond acceptors (Lipinski definition) is 3. The first-order valence-corrected chi connectivity index (χ1v) is 7.96. The summed E-state index contributed by atoms with van der Waals surface area (Å²) >= 11 is 6.19. The van der Waals surface area contributed by atoms with E-state index in [4.69, 9.17) is 21.1 Å². The lowest BCUT2D eigenvalue weighted by Gasteiger charge is -2.24. The Labute approximate surface area is 134 Å². The lowest BCUT2D eigenvalue weighted by molar-refractivity contribution is 0.182. The van der Waals surface area contributed by atoms with Gasteiger partial charge in [-0.3, -0.25) is 0 Å². The number of nitrogens with one attached hydrogen (secondary N) is 1. The molecule has 4 heteroatoms. The Morgan fingerprint density at radius 1 is 1.19 bits per heavy atom. The molecule has 0 saturated carbocycles. The number of benzene rings is 1. The molecule has 0 fully saturated rings. The van der Waals surface area contributed by atoms with Crippen LogP contribution >= 0.6 is 11.6 Å². The molecule has 0 unspecified atom stereocenters. The highest BCUT2D eigenvalue weighted by molar-refractivity contribution is 6.30. The molecule has 3 nitrogen and oxygen atoms in total. The van der Waals surface area contributed by atoms with Gasteiger partial charge in [-0.1, -0.05) is 25.4 Å². The Balaban J connectivity index is 3.10. The molecule has 1 aromatic rings. The molecule has 0 aliphatic heterocycles. The Morgan fingerprint density at radius 3 is 2.29 bits per heavy atom. The zero-order valence-electron chi connectivity index (χ0n) is 14.0. The van der Waals surface area contributed by atoms with Gasteiger partial charge in [0.05, 0.1) is 13.2 Å². The molecule has 0 aliphatic rings. The molecule has 0 radical (unpaired) electrons. The van der Waals surface area contributed by atoms with Gasteiger partial charge in [-0.25, -0.2) is 0 Å². The summed E-state index contributed by atoms with van der Waals surface area (Å²) < 4.78 is 11.6. The highest BCUT2D eigenvalue weighted by atomic mass is 35.5. The van der Waals surface area contributed by atoms with Crippen LogP contribution in [0.4, 0.5) is 0 Å². The van der Waals surface area contributed by atoms with Crippen molar-refractivity contribution in [1.82, 2.24) is 5.32 Å². The van der Waals surface area contributed by atoms with Gasteiger partial charge < -0.3 is 14.8 Å². The summed E-state index contributed by atoms with van der Waals surface area (Å²) in [4.78, 5) is 0. The zero-order valence-corrected chi connectivity index (χ0v) is 14.8. The van der Waals surface area contributed by atoms with Crippen LogP contribution in [0.1, 0.15) is 53.0 Å². The first-order valence-electron chi connectivity index (χ1n) is 7.58. The molecule has 0 saturated heterocycles. The maximum absolute atomic E-state index is 6.19. The van der Waals surface area contributed by atoms with Gasteiger partial charge in [0, 0.05) is 28.7 Å². The number of ether oxygens (including phenoxy) is 2. The summed E-state index contributed by atoms with van der Waals surface area (Å²) in [6, 6.07) is 3.75. The van der Waals surface area contributed by atoms with Crippen LogP contribution in [-0.2, 0) is 6.54 Å². The SMILES string of the molecule is CCC(CC)Oc1c(CNC(C)(C)C)cc(Cl)cc1OC. The van der Waals surface area contributed by atoms with E-state index < -0.39 is 0 Å². The van der Waals surface area contributed by atoms with Crippen molar-refractivity contribution in [1.29, 1.82) is 0 Å². The van der Waals surface area contributed by atoms with Crippen molar-refractivity contribution in [3.8, 4) is 11.5 Å². The maximum atomic E-state index is 6.19. The van der Waals surface area contributed by atoms with Gasteiger partial charge in [0.25, 0.3) is 0 Å². The van der Waals surface area contributed by atoms with E-state index in [2.05, 4.69) is 39.9 Å². The van der Waals surface area contributed by atoms with E-state index in [0.29, 0.717) is 17.3 Å². The molecule has 0 aliphatic carbocycles. The van der Waals surface area contributed by atoms with Crippen molar-refractivity contribution in [2.75, 3.05) is 7.11 Å². The third kappa shape index (κ3) is 5.76. The fourth-order valence-corrected chi connectivity index (χ4v) is 2.25. The lowest BCUT2D eigenvalue weighted by atomic mass is 10.1. The molecule has 0 bridgehead atoms.